The first kappa shape index (κ1) is 15.8. The Labute approximate surface area is 110 Å². The third kappa shape index (κ3) is 5.94. The zero-order chi connectivity index (χ0) is 14.5. The van der Waals surface area contributed by atoms with Gasteiger partial charge in [-0.05, 0) is 37.5 Å². The van der Waals surface area contributed by atoms with Crippen molar-refractivity contribution < 1.29 is 22.6 Å². The molecule has 3 nitrogen and oxygen atoms in total. The zero-order valence-electron chi connectivity index (χ0n) is 10.9. The number of rotatable bonds is 6. The van der Waals surface area contributed by atoms with E-state index in [0.717, 1.165) is 6.42 Å². The van der Waals surface area contributed by atoms with Crippen LogP contribution >= 0.6 is 0 Å². The molecule has 2 unspecified atom stereocenters. The lowest BCUT2D eigenvalue weighted by molar-refractivity contribution is -0.274. The summed E-state index contributed by atoms with van der Waals surface area (Å²) in [4.78, 5) is 0. The Morgan fingerprint density at radius 3 is 2.53 bits per heavy atom. The van der Waals surface area contributed by atoms with Gasteiger partial charge >= 0.3 is 6.36 Å². The topological polar surface area (TPSA) is 44.5 Å². The summed E-state index contributed by atoms with van der Waals surface area (Å²) in [5.41, 5.74) is 6.55. The molecule has 0 radical (unpaired) electrons. The Balaban J connectivity index is 2.65. The number of hydrogen-bond acceptors (Lipinski definition) is 3. The molecule has 0 heterocycles. The van der Waals surface area contributed by atoms with E-state index >= 15 is 0 Å². The predicted octanol–water partition coefficient (Wildman–Crippen LogP) is 3.40. The van der Waals surface area contributed by atoms with Gasteiger partial charge in [0.25, 0.3) is 0 Å². The van der Waals surface area contributed by atoms with Gasteiger partial charge in [-0.15, -0.1) is 13.2 Å². The molecular weight excluding hydrogens is 259 g/mol. The monoisotopic (exact) mass is 277 g/mol. The molecule has 0 aliphatic carbocycles. The summed E-state index contributed by atoms with van der Waals surface area (Å²) in [6.45, 7) is 1.91. The minimum atomic E-state index is -4.69. The van der Waals surface area contributed by atoms with Crippen LogP contribution in [0.2, 0.25) is 0 Å². The van der Waals surface area contributed by atoms with Gasteiger partial charge in [0.1, 0.15) is 5.75 Å². The SMILES string of the molecule is COC(C)CCC(N)c1cccc(OC(F)(F)F)c1. The first-order chi connectivity index (χ1) is 8.81. The minimum Gasteiger partial charge on any atom is -0.406 e. The Bertz CT molecular complexity index is 396. The summed E-state index contributed by atoms with van der Waals surface area (Å²) in [5, 5.41) is 0. The van der Waals surface area contributed by atoms with Crippen molar-refractivity contribution in [3.05, 3.63) is 29.8 Å². The molecule has 19 heavy (non-hydrogen) atoms. The average Bonchev–Trinajstić information content (AvgIpc) is 2.33. The summed E-state index contributed by atoms with van der Waals surface area (Å²) < 4.78 is 45.3. The van der Waals surface area contributed by atoms with Gasteiger partial charge in [-0.3, -0.25) is 0 Å². The fraction of sp³-hybridized carbons (Fsp3) is 0.538. The Hall–Kier alpha value is -1.27. The summed E-state index contributed by atoms with van der Waals surface area (Å²) in [7, 11) is 1.61. The van der Waals surface area contributed by atoms with E-state index in [-0.39, 0.29) is 17.9 Å². The Kier molecular flexibility index (Phi) is 5.62. The fourth-order valence-electron chi connectivity index (χ4n) is 1.64. The third-order valence-electron chi connectivity index (χ3n) is 2.81. The lowest BCUT2D eigenvalue weighted by atomic mass is 10.0. The number of nitrogens with two attached hydrogens (primary N) is 1. The van der Waals surface area contributed by atoms with Gasteiger partial charge in [-0.1, -0.05) is 12.1 Å². The highest BCUT2D eigenvalue weighted by molar-refractivity contribution is 5.30. The molecule has 1 aromatic rings. The van der Waals surface area contributed by atoms with E-state index in [0.29, 0.717) is 12.0 Å². The maximum absolute atomic E-state index is 12.1. The number of alkyl halides is 3. The summed E-state index contributed by atoms with van der Waals surface area (Å²) in [6, 6.07) is 5.41. The van der Waals surface area contributed by atoms with Crippen molar-refractivity contribution in [1.29, 1.82) is 0 Å². The standard InChI is InChI=1S/C13H18F3NO2/c1-9(18-2)6-7-12(17)10-4-3-5-11(8-10)19-13(14,15)16/h3-5,8-9,12H,6-7,17H2,1-2H3. The van der Waals surface area contributed by atoms with Crippen molar-refractivity contribution in [3.8, 4) is 5.75 Å². The van der Waals surface area contributed by atoms with Crippen LogP contribution in [0.25, 0.3) is 0 Å². The van der Waals surface area contributed by atoms with E-state index in [1.165, 1.54) is 18.2 Å². The molecular formula is C13H18F3NO2. The number of hydrogen-bond donors (Lipinski definition) is 1. The molecule has 1 aromatic carbocycles. The molecule has 2 N–H and O–H groups in total. The number of benzene rings is 1. The van der Waals surface area contributed by atoms with Gasteiger partial charge in [0.2, 0.25) is 0 Å². The first-order valence-electron chi connectivity index (χ1n) is 5.96. The molecule has 6 heteroatoms. The molecule has 108 valence electrons. The van der Waals surface area contributed by atoms with Crippen molar-refractivity contribution in [1.82, 2.24) is 0 Å². The zero-order valence-corrected chi connectivity index (χ0v) is 10.9. The highest BCUT2D eigenvalue weighted by atomic mass is 19.4. The van der Waals surface area contributed by atoms with E-state index in [9.17, 15) is 13.2 Å². The molecule has 0 saturated carbocycles. The highest BCUT2D eigenvalue weighted by Crippen LogP contribution is 2.26. The second-order valence-corrected chi connectivity index (χ2v) is 4.35. The van der Waals surface area contributed by atoms with E-state index < -0.39 is 6.36 Å². The summed E-state index contributed by atoms with van der Waals surface area (Å²) >= 11 is 0. The lowest BCUT2D eigenvalue weighted by Crippen LogP contribution is -2.18. The summed E-state index contributed by atoms with van der Waals surface area (Å²) in [6.07, 6.45) is -3.25. The average molecular weight is 277 g/mol. The highest BCUT2D eigenvalue weighted by Gasteiger charge is 2.31. The van der Waals surface area contributed by atoms with Crippen molar-refractivity contribution in [2.24, 2.45) is 5.73 Å². The van der Waals surface area contributed by atoms with Gasteiger partial charge in [-0.25, -0.2) is 0 Å². The summed E-state index contributed by atoms with van der Waals surface area (Å²) in [5.74, 6) is -0.250. The van der Waals surface area contributed by atoms with Crippen molar-refractivity contribution in [2.45, 2.75) is 38.3 Å². The molecule has 1 rings (SSSR count). The van der Waals surface area contributed by atoms with E-state index in [1.807, 2.05) is 6.92 Å². The quantitative estimate of drug-likeness (QED) is 0.866. The Morgan fingerprint density at radius 1 is 1.26 bits per heavy atom. The molecule has 2 atom stereocenters. The van der Waals surface area contributed by atoms with Crippen LogP contribution < -0.4 is 10.5 Å². The maximum atomic E-state index is 12.1. The molecule has 0 amide bonds. The Morgan fingerprint density at radius 2 is 1.95 bits per heavy atom. The van der Waals surface area contributed by atoms with Gasteiger partial charge in [0.15, 0.2) is 0 Å². The van der Waals surface area contributed by atoms with Gasteiger partial charge < -0.3 is 15.2 Å². The molecule has 0 aliphatic heterocycles. The fourth-order valence-corrected chi connectivity index (χ4v) is 1.64. The number of methoxy groups -OCH3 is 1. The molecule has 0 fully saturated rings. The van der Waals surface area contributed by atoms with Crippen LogP contribution in [0.4, 0.5) is 13.2 Å². The molecule has 0 bridgehead atoms. The van der Waals surface area contributed by atoms with Gasteiger partial charge in [-0.2, -0.15) is 0 Å². The maximum Gasteiger partial charge on any atom is 0.573 e. The van der Waals surface area contributed by atoms with Crippen molar-refractivity contribution >= 4 is 0 Å². The molecule has 0 aliphatic rings. The number of halogens is 3. The van der Waals surface area contributed by atoms with Crippen LogP contribution in [-0.2, 0) is 4.74 Å². The van der Waals surface area contributed by atoms with Crippen LogP contribution in [0, 0.1) is 0 Å². The molecule has 0 saturated heterocycles. The second-order valence-electron chi connectivity index (χ2n) is 4.35. The molecule has 0 aromatic heterocycles. The van der Waals surface area contributed by atoms with Crippen LogP contribution in [0.3, 0.4) is 0 Å². The first-order valence-corrected chi connectivity index (χ1v) is 5.96. The van der Waals surface area contributed by atoms with Crippen molar-refractivity contribution in [2.75, 3.05) is 7.11 Å². The largest absolute Gasteiger partial charge is 0.573 e. The van der Waals surface area contributed by atoms with Gasteiger partial charge in [0, 0.05) is 13.2 Å². The molecule has 0 spiro atoms. The third-order valence-corrected chi connectivity index (χ3v) is 2.81. The minimum absolute atomic E-state index is 0.0701. The van der Waals surface area contributed by atoms with E-state index in [1.54, 1.807) is 13.2 Å². The van der Waals surface area contributed by atoms with Crippen LogP contribution in [0.15, 0.2) is 24.3 Å². The smallest absolute Gasteiger partial charge is 0.406 e. The second kappa shape index (κ2) is 6.77. The van der Waals surface area contributed by atoms with Crippen LogP contribution in [0.5, 0.6) is 5.75 Å². The van der Waals surface area contributed by atoms with E-state index in [2.05, 4.69) is 4.74 Å². The van der Waals surface area contributed by atoms with Crippen molar-refractivity contribution in [3.63, 3.8) is 0 Å². The van der Waals surface area contributed by atoms with E-state index in [4.69, 9.17) is 10.5 Å². The predicted molar refractivity (Wildman–Crippen MR) is 65.8 cm³/mol. The normalized spacial score (nSPS) is 15.1. The van der Waals surface area contributed by atoms with Crippen LogP contribution in [-0.4, -0.2) is 19.6 Å². The number of ether oxygens (including phenoxy) is 2. The lowest BCUT2D eigenvalue weighted by Gasteiger charge is -2.16. The van der Waals surface area contributed by atoms with Gasteiger partial charge in [0.05, 0.1) is 6.10 Å². The van der Waals surface area contributed by atoms with Crippen LogP contribution in [0.1, 0.15) is 31.4 Å².